The Morgan fingerprint density at radius 1 is 1.12 bits per heavy atom. The highest BCUT2D eigenvalue weighted by Gasteiger charge is 2.22. The smallest absolute Gasteiger partial charge is 0.315 e. The lowest BCUT2D eigenvalue weighted by atomic mass is 10.1. The molecule has 0 aliphatic carbocycles. The molecule has 6 heteroatoms. The van der Waals surface area contributed by atoms with Crippen LogP contribution < -0.4 is 20.3 Å². The van der Waals surface area contributed by atoms with Crippen molar-refractivity contribution >= 4 is 17.6 Å². The molecule has 0 saturated heterocycles. The molecule has 0 atom stereocenters. The van der Waals surface area contributed by atoms with Gasteiger partial charge in [-0.1, -0.05) is 36.4 Å². The van der Waals surface area contributed by atoms with Crippen molar-refractivity contribution in [1.29, 1.82) is 0 Å². The van der Waals surface area contributed by atoms with Crippen LogP contribution >= 0.6 is 0 Å². The van der Waals surface area contributed by atoms with Crippen LogP contribution in [0.1, 0.15) is 11.1 Å². The van der Waals surface area contributed by atoms with E-state index in [0.717, 1.165) is 16.8 Å². The maximum atomic E-state index is 11.8. The summed E-state index contributed by atoms with van der Waals surface area (Å²) in [6.07, 6.45) is 0.675. The number of urea groups is 1. The summed E-state index contributed by atoms with van der Waals surface area (Å²) in [7, 11) is 1.74. The Bertz CT molecular complexity index is 762. The number of anilines is 1. The summed E-state index contributed by atoms with van der Waals surface area (Å²) in [4.78, 5) is 25.1. The van der Waals surface area contributed by atoms with Gasteiger partial charge in [-0.05, 0) is 29.7 Å². The van der Waals surface area contributed by atoms with Crippen LogP contribution in [0, 0.1) is 0 Å². The number of nitrogens with one attached hydrogen (secondary N) is 2. The Kier molecular flexibility index (Phi) is 5.18. The quantitative estimate of drug-likeness (QED) is 0.876. The second kappa shape index (κ2) is 7.70. The van der Waals surface area contributed by atoms with E-state index >= 15 is 0 Å². The highest BCUT2D eigenvalue weighted by atomic mass is 16.5. The maximum absolute atomic E-state index is 11.8. The van der Waals surface area contributed by atoms with Gasteiger partial charge in [-0.2, -0.15) is 0 Å². The van der Waals surface area contributed by atoms with Gasteiger partial charge in [-0.3, -0.25) is 4.79 Å². The van der Waals surface area contributed by atoms with Crippen LogP contribution in [0.5, 0.6) is 5.75 Å². The number of fused-ring (bicyclic) bond motifs is 1. The number of rotatable bonds is 5. The van der Waals surface area contributed by atoms with Gasteiger partial charge >= 0.3 is 6.03 Å². The van der Waals surface area contributed by atoms with Gasteiger partial charge in [0.1, 0.15) is 5.75 Å². The van der Waals surface area contributed by atoms with Crippen LogP contribution in [-0.4, -0.2) is 32.1 Å². The van der Waals surface area contributed by atoms with Crippen molar-refractivity contribution < 1.29 is 14.3 Å². The van der Waals surface area contributed by atoms with E-state index in [4.69, 9.17) is 4.74 Å². The van der Waals surface area contributed by atoms with E-state index in [1.807, 2.05) is 48.5 Å². The first-order valence-electron chi connectivity index (χ1n) is 8.21. The van der Waals surface area contributed by atoms with Gasteiger partial charge in [-0.15, -0.1) is 0 Å². The van der Waals surface area contributed by atoms with Crippen molar-refractivity contribution in [1.82, 2.24) is 10.6 Å². The Hall–Kier alpha value is -3.02. The number of carbonyl (C=O) groups excluding carboxylic acids is 2. The van der Waals surface area contributed by atoms with Gasteiger partial charge in [-0.25, -0.2) is 4.79 Å². The summed E-state index contributed by atoms with van der Waals surface area (Å²) >= 11 is 0. The summed E-state index contributed by atoms with van der Waals surface area (Å²) in [5.74, 6) is 0.641. The van der Waals surface area contributed by atoms with Gasteiger partial charge < -0.3 is 20.3 Å². The molecule has 1 heterocycles. The minimum Gasteiger partial charge on any atom is -0.482 e. The monoisotopic (exact) mass is 339 g/mol. The molecule has 25 heavy (non-hydrogen) atoms. The fraction of sp³-hybridized carbons (Fsp3) is 0.263. The third-order valence-electron chi connectivity index (χ3n) is 4.11. The highest BCUT2D eigenvalue weighted by molar-refractivity contribution is 5.97. The molecule has 2 aromatic carbocycles. The number of benzene rings is 2. The van der Waals surface area contributed by atoms with Crippen molar-refractivity contribution in [2.45, 2.75) is 13.0 Å². The molecule has 0 fully saturated rings. The molecule has 0 saturated carbocycles. The number of hydrogen-bond acceptors (Lipinski definition) is 3. The summed E-state index contributed by atoms with van der Waals surface area (Å²) in [5, 5.41) is 5.66. The van der Waals surface area contributed by atoms with Gasteiger partial charge in [0.25, 0.3) is 5.91 Å². The third kappa shape index (κ3) is 4.29. The zero-order valence-electron chi connectivity index (χ0n) is 14.1. The van der Waals surface area contributed by atoms with Crippen molar-refractivity contribution in [2.75, 3.05) is 25.1 Å². The fourth-order valence-electron chi connectivity index (χ4n) is 2.63. The first-order chi connectivity index (χ1) is 12.1. The predicted octanol–water partition coefficient (Wildman–Crippen LogP) is 2.08. The van der Waals surface area contributed by atoms with E-state index in [2.05, 4.69) is 10.6 Å². The van der Waals surface area contributed by atoms with Crippen LogP contribution in [0.2, 0.25) is 0 Å². The Labute approximate surface area is 146 Å². The molecule has 2 aromatic rings. The lowest BCUT2D eigenvalue weighted by Crippen LogP contribution is -2.36. The SMILES string of the molecule is CN1C(=O)COc2ccc(CCNC(=O)NCc3ccccc3)cc21. The summed E-state index contributed by atoms with van der Waals surface area (Å²) < 4.78 is 5.41. The largest absolute Gasteiger partial charge is 0.482 e. The van der Waals surface area contributed by atoms with Crippen LogP contribution in [0.25, 0.3) is 0 Å². The number of nitrogens with zero attached hydrogens (tertiary/aromatic N) is 1. The minimum atomic E-state index is -0.197. The molecule has 1 aliphatic rings. The maximum Gasteiger partial charge on any atom is 0.315 e. The molecule has 0 bridgehead atoms. The van der Waals surface area contributed by atoms with Crippen LogP contribution in [0.3, 0.4) is 0 Å². The molecular formula is C19H21N3O3. The molecule has 2 N–H and O–H groups in total. The van der Waals surface area contributed by atoms with Gasteiger partial charge in [0.15, 0.2) is 6.61 Å². The first-order valence-corrected chi connectivity index (χ1v) is 8.21. The summed E-state index contributed by atoms with van der Waals surface area (Å²) in [5.41, 5.74) is 2.86. The average molecular weight is 339 g/mol. The molecule has 0 radical (unpaired) electrons. The van der Waals surface area contributed by atoms with Gasteiger partial charge in [0.05, 0.1) is 5.69 Å². The molecule has 3 amide bonds. The van der Waals surface area contributed by atoms with Crippen molar-refractivity contribution in [3.63, 3.8) is 0 Å². The minimum absolute atomic E-state index is 0.0666. The van der Waals surface area contributed by atoms with E-state index < -0.39 is 0 Å². The first kappa shape index (κ1) is 16.8. The molecule has 0 unspecified atom stereocenters. The Balaban J connectivity index is 1.47. The summed E-state index contributed by atoms with van der Waals surface area (Å²) in [6.45, 7) is 1.08. The number of likely N-dealkylation sites (N-methyl/N-ethyl adjacent to an activating group) is 1. The van der Waals surface area contributed by atoms with Gasteiger partial charge in [0.2, 0.25) is 0 Å². The molecule has 0 aromatic heterocycles. The molecule has 1 aliphatic heterocycles. The molecule has 6 nitrogen and oxygen atoms in total. The number of hydrogen-bond donors (Lipinski definition) is 2. The molecule has 130 valence electrons. The zero-order valence-corrected chi connectivity index (χ0v) is 14.1. The second-order valence-electron chi connectivity index (χ2n) is 5.89. The number of carbonyl (C=O) groups is 2. The normalized spacial score (nSPS) is 13.0. The predicted molar refractivity (Wildman–Crippen MR) is 95.7 cm³/mol. The molecular weight excluding hydrogens is 318 g/mol. The van der Waals surface area contributed by atoms with Crippen molar-refractivity contribution in [2.24, 2.45) is 0 Å². The molecule has 3 rings (SSSR count). The van der Waals surface area contributed by atoms with E-state index in [1.54, 1.807) is 11.9 Å². The second-order valence-corrected chi connectivity index (χ2v) is 5.89. The van der Waals surface area contributed by atoms with Gasteiger partial charge in [0, 0.05) is 20.1 Å². The Morgan fingerprint density at radius 2 is 1.92 bits per heavy atom. The van der Waals surface area contributed by atoms with Crippen molar-refractivity contribution in [3.05, 3.63) is 59.7 Å². The molecule has 0 spiro atoms. The van der Waals surface area contributed by atoms with Crippen LogP contribution in [0.4, 0.5) is 10.5 Å². The Morgan fingerprint density at radius 3 is 2.72 bits per heavy atom. The topological polar surface area (TPSA) is 70.7 Å². The average Bonchev–Trinajstić information content (AvgIpc) is 2.64. The lowest BCUT2D eigenvalue weighted by molar-refractivity contribution is -0.120. The summed E-state index contributed by atoms with van der Waals surface area (Å²) in [6, 6.07) is 15.3. The zero-order chi connectivity index (χ0) is 17.6. The standard InChI is InChI=1S/C19H21N3O3/c1-22-16-11-14(7-8-17(16)25-13-18(22)23)9-10-20-19(24)21-12-15-5-3-2-4-6-15/h2-8,11H,9-10,12-13H2,1H3,(H2,20,21,24). The van der Waals surface area contributed by atoms with Crippen LogP contribution in [-0.2, 0) is 17.8 Å². The number of amides is 3. The van der Waals surface area contributed by atoms with E-state index in [9.17, 15) is 9.59 Å². The van der Waals surface area contributed by atoms with Crippen molar-refractivity contribution in [3.8, 4) is 5.75 Å². The lowest BCUT2D eigenvalue weighted by Gasteiger charge is -2.26. The van der Waals surface area contributed by atoms with E-state index in [1.165, 1.54) is 0 Å². The number of ether oxygens (including phenoxy) is 1. The fourth-order valence-corrected chi connectivity index (χ4v) is 2.63. The van der Waals surface area contributed by atoms with E-state index in [-0.39, 0.29) is 18.5 Å². The van der Waals surface area contributed by atoms with Crippen LogP contribution in [0.15, 0.2) is 48.5 Å². The highest BCUT2D eigenvalue weighted by Crippen LogP contribution is 2.31. The van der Waals surface area contributed by atoms with E-state index in [0.29, 0.717) is 25.3 Å². The third-order valence-corrected chi connectivity index (χ3v) is 4.11.